The fraction of sp³-hybridized carbons (Fsp3) is 0.231. The van der Waals surface area contributed by atoms with E-state index in [4.69, 9.17) is 0 Å². The molecule has 1 atom stereocenters. The maximum atomic E-state index is 4.33. The number of fused-ring (bicyclic) bond motifs is 1. The second kappa shape index (κ2) is 5.54. The highest BCUT2D eigenvalue weighted by Gasteiger charge is 2.10. The summed E-state index contributed by atoms with van der Waals surface area (Å²) in [6.45, 7) is 2.13. The van der Waals surface area contributed by atoms with Gasteiger partial charge in [-0.15, -0.1) is 14.8 Å². The van der Waals surface area contributed by atoms with Crippen LogP contribution < -0.4 is 5.32 Å². The van der Waals surface area contributed by atoms with E-state index in [0.717, 1.165) is 16.7 Å². The van der Waals surface area contributed by atoms with Crippen LogP contribution in [0.5, 0.6) is 0 Å². The van der Waals surface area contributed by atoms with Gasteiger partial charge in [0, 0.05) is 4.47 Å². The van der Waals surface area contributed by atoms with Gasteiger partial charge in [-0.1, -0.05) is 35.0 Å². The van der Waals surface area contributed by atoms with Gasteiger partial charge >= 0.3 is 0 Å². The van der Waals surface area contributed by atoms with Crippen LogP contribution in [0.3, 0.4) is 0 Å². The lowest BCUT2D eigenvalue weighted by Crippen LogP contribution is -2.12. The molecule has 3 aromatic rings. The van der Waals surface area contributed by atoms with Gasteiger partial charge in [0.15, 0.2) is 5.65 Å². The number of halogens is 1. The molecular formula is C13H13BrN6. The normalized spacial score (nSPS) is 12.5. The Morgan fingerprint density at radius 2 is 2.00 bits per heavy atom. The topological polar surface area (TPSA) is 68.0 Å². The van der Waals surface area contributed by atoms with Crippen molar-refractivity contribution >= 4 is 27.4 Å². The number of aromatic nitrogens is 5. The molecule has 0 aliphatic rings. The molecule has 0 aliphatic heterocycles. The van der Waals surface area contributed by atoms with E-state index in [2.05, 4.69) is 60.9 Å². The van der Waals surface area contributed by atoms with Gasteiger partial charge in [0.1, 0.15) is 5.82 Å². The van der Waals surface area contributed by atoms with Crippen molar-refractivity contribution in [1.29, 1.82) is 0 Å². The van der Waals surface area contributed by atoms with Gasteiger partial charge < -0.3 is 5.32 Å². The monoisotopic (exact) mass is 332 g/mol. The van der Waals surface area contributed by atoms with Crippen LogP contribution >= 0.6 is 15.9 Å². The van der Waals surface area contributed by atoms with Crippen molar-refractivity contribution in [3.63, 3.8) is 0 Å². The number of hydrogen-bond acceptors (Lipinski definition) is 5. The number of tetrazole rings is 1. The van der Waals surface area contributed by atoms with Crippen LogP contribution in [0.2, 0.25) is 0 Å². The number of anilines is 1. The summed E-state index contributed by atoms with van der Waals surface area (Å²) in [5.41, 5.74) is 1.85. The molecule has 0 fully saturated rings. The molecule has 7 heteroatoms. The zero-order valence-electron chi connectivity index (χ0n) is 10.9. The summed E-state index contributed by atoms with van der Waals surface area (Å²) in [6.07, 6.45) is 0.955. The molecule has 1 aromatic carbocycles. The Bertz CT molecular complexity index is 708. The zero-order chi connectivity index (χ0) is 13.9. The maximum Gasteiger partial charge on any atom is 0.200 e. The Kier molecular flexibility index (Phi) is 3.60. The summed E-state index contributed by atoms with van der Waals surface area (Å²) in [4.78, 5) is 0. The van der Waals surface area contributed by atoms with Crippen LogP contribution in [0, 0.1) is 0 Å². The molecule has 0 radical (unpaired) electrons. The quantitative estimate of drug-likeness (QED) is 0.795. The molecular weight excluding hydrogens is 320 g/mol. The van der Waals surface area contributed by atoms with Gasteiger partial charge in [0.2, 0.25) is 0 Å². The Hall–Kier alpha value is -2.02. The van der Waals surface area contributed by atoms with Crippen LogP contribution in [0.4, 0.5) is 5.82 Å². The lowest BCUT2D eigenvalue weighted by atomic mass is 10.0. The summed E-state index contributed by atoms with van der Waals surface area (Å²) in [5.74, 6) is 0.750. The highest BCUT2D eigenvalue weighted by Crippen LogP contribution is 2.23. The Morgan fingerprint density at radius 1 is 1.20 bits per heavy atom. The number of nitrogens with zero attached hydrogens (tertiary/aromatic N) is 5. The van der Waals surface area contributed by atoms with E-state index in [-0.39, 0.29) is 6.04 Å². The predicted octanol–water partition coefficient (Wildman–Crippen LogP) is 2.85. The summed E-state index contributed by atoms with van der Waals surface area (Å²) >= 11 is 3.45. The highest BCUT2D eigenvalue weighted by atomic mass is 79.9. The van der Waals surface area contributed by atoms with Gasteiger partial charge in [-0.3, -0.25) is 0 Å². The van der Waals surface area contributed by atoms with Gasteiger partial charge in [-0.05, 0) is 46.7 Å². The largest absolute Gasteiger partial charge is 0.362 e. The summed E-state index contributed by atoms with van der Waals surface area (Å²) < 4.78 is 2.49. The van der Waals surface area contributed by atoms with Crippen molar-refractivity contribution in [3.05, 3.63) is 46.4 Å². The van der Waals surface area contributed by atoms with Gasteiger partial charge in [-0.2, -0.15) is 0 Å². The van der Waals surface area contributed by atoms with E-state index in [1.807, 2.05) is 24.3 Å². The van der Waals surface area contributed by atoms with E-state index in [1.54, 1.807) is 0 Å². The molecule has 1 unspecified atom stereocenters. The highest BCUT2D eigenvalue weighted by molar-refractivity contribution is 9.10. The van der Waals surface area contributed by atoms with E-state index < -0.39 is 0 Å². The van der Waals surface area contributed by atoms with Crippen LogP contribution in [0.1, 0.15) is 24.9 Å². The molecule has 102 valence electrons. The lowest BCUT2D eigenvalue weighted by Gasteiger charge is -2.17. The first kappa shape index (κ1) is 13.0. The first-order valence-corrected chi connectivity index (χ1v) is 7.13. The molecule has 3 rings (SSSR count). The number of rotatable bonds is 4. The van der Waals surface area contributed by atoms with Crippen molar-refractivity contribution in [2.45, 2.75) is 19.4 Å². The molecule has 1 N–H and O–H groups in total. The molecule has 0 aliphatic carbocycles. The smallest absolute Gasteiger partial charge is 0.200 e. The van der Waals surface area contributed by atoms with E-state index in [9.17, 15) is 0 Å². The number of benzene rings is 1. The third-order valence-corrected chi connectivity index (χ3v) is 3.60. The molecule has 20 heavy (non-hydrogen) atoms. The molecule has 2 heterocycles. The van der Waals surface area contributed by atoms with Crippen molar-refractivity contribution in [2.24, 2.45) is 0 Å². The van der Waals surface area contributed by atoms with Crippen molar-refractivity contribution in [1.82, 2.24) is 25.3 Å². The molecule has 6 nitrogen and oxygen atoms in total. The van der Waals surface area contributed by atoms with E-state index in [0.29, 0.717) is 5.65 Å². The van der Waals surface area contributed by atoms with E-state index in [1.165, 1.54) is 10.2 Å². The fourth-order valence-electron chi connectivity index (χ4n) is 2.02. The van der Waals surface area contributed by atoms with Crippen molar-refractivity contribution in [2.75, 3.05) is 5.32 Å². The van der Waals surface area contributed by atoms with Crippen LogP contribution in [-0.2, 0) is 0 Å². The Morgan fingerprint density at radius 3 is 2.75 bits per heavy atom. The molecule has 0 bridgehead atoms. The SMILES string of the molecule is CCC(Nc1ccc2nnnn2n1)c1ccc(Br)cc1. The maximum absolute atomic E-state index is 4.33. The second-order valence-electron chi connectivity index (χ2n) is 4.40. The second-order valence-corrected chi connectivity index (χ2v) is 5.32. The average Bonchev–Trinajstić information content (AvgIpc) is 2.93. The first-order chi connectivity index (χ1) is 9.76. The zero-order valence-corrected chi connectivity index (χ0v) is 12.4. The van der Waals surface area contributed by atoms with Gasteiger partial charge in [0.25, 0.3) is 0 Å². The lowest BCUT2D eigenvalue weighted by molar-refractivity contribution is 0.707. The minimum atomic E-state index is 0.199. The van der Waals surface area contributed by atoms with Crippen molar-refractivity contribution in [3.8, 4) is 0 Å². The molecule has 0 saturated carbocycles. The minimum absolute atomic E-state index is 0.199. The third kappa shape index (κ3) is 2.62. The number of hydrogen-bond donors (Lipinski definition) is 1. The summed E-state index contributed by atoms with van der Waals surface area (Å²) in [5, 5.41) is 18.9. The predicted molar refractivity (Wildman–Crippen MR) is 79.4 cm³/mol. The van der Waals surface area contributed by atoms with Crippen LogP contribution in [-0.4, -0.2) is 25.3 Å². The Labute approximate surface area is 124 Å². The average molecular weight is 333 g/mol. The molecule has 0 saturated heterocycles. The van der Waals surface area contributed by atoms with E-state index >= 15 is 0 Å². The van der Waals surface area contributed by atoms with Gasteiger partial charge in [0.05, 0.1) is 6.04 Å². The molecule has 2 aromatic heterocycles. The van der Waals surface area contributed by atoms with Gasteiger partial charge in [-0.25, -0.2) is 0 Å². The Balaban J connectivity index is 1.84. The first-order valence-electron chi connectivity index (χ1n) is 6.33. The third-order valence-electron chi connectivity index (χ3n) is 3.07. The molecule has 0 spiro atoms. The number of nitrogens with one attached hydrogen (secondary N) is 1. The summed E-state index contributed by atoms with van der Waals surface area (Å²) in [6, 6.07) is 12.2. The summed E-state index contributed by atoms with van der Waals surface area (Å²) in [7, 11) is 0. The van der Waals surface area contributed by atoms with Crippen LogP contribution in [0.15, 0.2) is 40.9 Å². The van der Waals surface area contributed by atoms with Crippen LogP contribution in [0.25, 0.3) is 5.65 Å². The molecule has 0 amide bonds. The standard InChI is InChI=1S/C13H13BrN6/c1-2-11(9-3-5-10(14)6-4-9)15-12-7-8-13-16-18-19-20(13)17-12/h3-8,11H,2H2,1H3,(H,15,17). The minimum Gasteiger partial charge on any atom is -0.362 e. The van der Waals surface area contributed by atoms with Crippen molar-refractivity contribution < 1.29 is 0 Å². The fourth-order valence-corrected chi connectivity index (χ4v) is 2.29.